The Balaban J connectivity index is 2.37. The first-order chi connectivity index (χ1) is 9.63. The molecular weight excluding hydrogens is 246 g/mol. The third-order valence-electron chi connectivity index (χ3n) is 3.59. The second-order valence-electron chi connectivity index (χ2n) is 5.55. The maximum absolute atomic E-state index is 12.2. The fraction of sp³-hybridized carbons (Fsp3) is 0.389. The normalized spacial score (nSPS) is 11.0. The minimum absolute atomic E-state index is 0.0334. The molecule has 0 unspecified atom stereocenters. The van der Waals surface area contributed by atoms with Gasteiger partial charge in [-0.05, 0) is 40.8 Å². The largest absolute Gasteiger partial charge is 0.352 e. The predicted octanol–water partition coefficient (Wildman–Crippen LogP) is 4.49. The lowest BCUT2D eigenvalue weighted by molar-refractivity contribution is 0.0953. The van der Waals surface area contributed by atoms with Crippen molar-refractivity contribution >= 4 is 16.7 Å². The van der Waals surface area contributed by atoms with Crippen LogP contribution in [0, 0.1) is 0 Å². The first kappa shape index (κ1) is 14.6. The van der Waals surface area contributed by atoms with Gasteiger partial charge in [0.15, 0.2) is 0 Å². The fourth-order valence-electron chi connectivity index (χ4n) is 2.43. The number of rotatable bonds is 5. The highest BCUT2D eigenvalue weighted by Gasteiger charge is 2.11. The van der Waals surface area contributed by atoms with Gasteiger partial charge in [-0.3, -0.25) is 4.79 Å². The Bertz CT molecular complexity index is 601. The van der Waals surface area contributed by atoms with Gasteiger partial charge in [-0.15, -0.1) is 0 Å². The van der Waals surface area contributed by atoms with Gasteiger partial charge in [0.2, 0.25) is 0 Å². The average Bonchev–Trinajstić information content (AvgIpc) is 2.46. The molecule has 2 heteroatoms. The van der Waals surface area contributed by atoms with Gasteiger partial charge < -0.3 is 5.32 Å². The van der Waals surface area contributed by atoms with E-state index in [9.17, 15) is 4.79 Å². The van der Waals surface area contributed by atoms with Gasteiger partial charge in [-0.2, -0.15) is 0 Å². The molecule has 0 radical (unpaired) electrons. The van der Waals surface area contributed by atoms with E-state index in [2.05, 4.69) is 44.3 Å². The van der Waals surface area contributed by atoms with Crippen molar-refractivity contribution in [2.75, 3.05) is 6.54 Å². The van der Waals surface area contributed by atoms with Crippen molar-refractivity contribution in [1.29, 1.82) is 0 Å². The summed E-state index contributed by atoms with van der Waals surface area (Å²) in [6.07, 6.45) is 2.12. The fourth-order valence-corrected chi connectivity index (χ4v) is 2.43. The highest BCUT2D eigenvalue weighted by Crippen LogP contribution is 2.27. The number of amides is 1. The number of fused-ring (bicyclic) bond motifs is 1. The first-order valence-corrected chi connectivity index (χ1v) is 7.44. The zero-order chi connectivity index (χ0) is 14.5. The molecule has 0 atom stereocenters. The lowest BCUT2D eigenvalue weighted by Gasteiger charge is -2.13. The van der Waals surface area contributed by atoms with Gasteiger partial charge in [-0.1, -0.05) is 51.5 Å². The summed E-state index contributed by atoms with van der Waals surface area (Å²) in [5.41, 5.74) is 2.01. The van der Waals surface area contributed by atoms with E-state index in [0.29, 0.717) is 5.92 Å². The number of hydrogen-bond donors (Lipinski definition) is 1. The Hall–Kier alpha value is -1.83. The SMILES string of the molecule is CCCCNC(=O)c1cc(C(C)C)c2ccccc2c1. The Labute approximate surface area is 121 Å². The molecule has 0 spiro atoms. The quantitative estimate of drug-likeness (QED) is 0.796. The van der Waals surface area contributed by atoms with Gasteiger partial charge in [0.25, 0.3) is 5.91 Å². The maximum atomic E-state index is 12.2. The topological polar surface area (TPSA) is 29.1 Å². The second-order valence-corrected chi connectivity index (χ2v) is 5.55. The number of hydrogen-bond acceptors (Lipinski definition) is 1. The number of unbranched alkanes of at least 4 members (excludes halogenated alkanes) is 1. The summed E-state index contributed by atoms with van der Waals surface area (Å²) in [5, 5.41) is 5.37. The van der Waals surface area contributed by atoms with Crippen LogP contribution in [0.1, 0.15) is 55.5 Å². The highest BCUT2D eigenvalue weighted by molar-refractivity contribution is 5.99. The van der Waals surface area contributed by atoms with Crippen molar-refractivity contribution in [3.8, 4) is 0 Å². The molecule has 20 heavy (non-hydrogen) atoms. The van der Waals surface area contributed by atoms with Crippen LogP contribution in [0.25, 0.3) is 10.8 Å². The van der Waals surface area contributed by atoms with Gasteiger partial charge in [0, 0.05) is 12.1 Å². The summed E-state index contributed by atoms with van der Waals surface area (Å²) in [4.78, 5) is 12.2. The number of nitrogens with one attached hydrogen (secondary N) is 1. The molecule has 0 fully saturated rings. The number of carbonyl (C=O) groups excluding carboxylic acids is 1. The molecule has 0 aliphatic carbocycles. The molecule has 0 aromatic heterocycles. The van der Waals surface area contributed by atoms with Gasteiger partial charge in [0.1, 0.15) is 0 Å². The molecule has 0 aliphatic rings. The van der Waals surface area contributed by atoms with Gasteiger partial charge >= 0.3 is 0 Å². The molecule has 0 aliphatic heterocycles. The molecule has 0 saturated heterocycles. The van der Waals surface area contributed by atoms with Crippen molar-refractivity contribution in [3.63, 3.8) is 0 Å². The van der Waals surface area contributed by atoms with Gasteiger partial charge in [-0.25, -0.2) is 0 Å². The van der Waals surface area contributed by atoms with E-state index in [1.807, 2.05) is 18.2 Å². The molecule has 0 bridgehead atoms. The van der Waals surface area contributed by atoms with Crippen molar-refractivity contribution in [2.45, 2.75) is 39.5 Å². The molecule has 0 heterocycles. The van der Waals surface area contributed by atoms with E-state index >= 15 is 0 Å². The minimum atomic E-state index is 0.0334. The third kappa shape index (κ3) is 3.19. The Morgan fingerprint density at radius 1 is 1.20 bits per heavy atom. The van der Waals surface area contributed by atoms with Crippen LogP contribution in [0.5, 0.6) is 0 Å². The molecule has 106 valence electrons. The highest BCUT2D eigenvalue weighted by atomic mass is 16.1. The van der Waals surface area contributed by atoms with Crippen molar-refractivity contribution in [1.82, 2.24) is 5.32 Å². The van der Waals surface area contributed by atoms with Crippen LogP contribution in [0.3, 0.4) is 0 Å². The molecule has 2 rings (SSSR count). The number of benzene rings is 2. The van der Waals surface area contributed by atoms with Crippen LogP contribution in [-0.2, 0) is 0 Å². The van der Waals surface area contributed by atoms with E-state index in [1.54, 1.807) is 0 Å². The summed E-state index contributed by atoms with van der Waals surface area (Å²) in [6.45, 7) is 7.21. The Kier molecular flexibility index (Phi) is 4.78. The monoisotopic (exact) mass is 269 g/mol. The van der Waals surface area contributed by atoms with Gasteiger partial charge in [0.05, 0.1) is 0 Å². The van der Waals surface area contributed by atoms with E-state index in [4.69, 9.17) is 0 Å². The van der Waals surface area contributed by atoms with Crippen molar-refractivity contribution < 1.29 is 4.79 Å². The van der Waals surface area contributed by atoms with Crippen LogP contribution in [-0.4, -0.2) is 12.5 Å². The lowest BCUT2D eigenvalue weighted by atomic mass is 9.93. The zero-order valence-electron chi connectivity index (χ0n) is 12.6. The lowest BCUT2D eigenvalue weighted by Crippen LogP contribution is -2.24. The molecule has 0 saturated carbocycles. The summed E-state index contributed by atoms with van der Waals surface area (Å²) < 4.78 is 0. The molecule has 2 nitrogen and oxygen atoms in total. The Morgan fingerprint density at radius 2 is 1.95 bits per heavy atom. The van der Waals surface area contributed by atoms with Crippen LogP contribution in [0.4, 0.5) is 0 Å². The molecular formula is C18H23NO. The molecule has 2 aromatic rings. The van der Waals surface area contributed by atoms with Crippen molar-refractivity contribution in [2.24, 2.45) is 0 Å². The minimum Gasteiger partial charge on any atom is -0.352 e. The first-order valence-electron chi connectivity index (χ1n) is 7.44. The molecule has 1 amide bonds. The third-order valence-corrected chi connectivity index (χ3v) is 3.59. The van der Waals surface area contributed by atoms with E-state index in [-0.39, 0.29) is 5.91 Å². The van der Waals surface area contributed by atoms with Crippen LogP contribution in [0.2, 0.25) is 0 Å². The zero-order valence-corrected chi connectivity index (χ0v) is 12.6. The van der Waals surface area contributed by atoms with Crippen LogP contribution < -0.4 is 5.32 Å². The van der Waals surface area contributed by atoms with Crippen LogP contribution in [0.15, 0.2) is 36.4 Å². The molecule has 1 N–H and O–H groups in total. The summed E-state index contributed by atoms with van der Waals surface area (Å²) in [6, 6.07) is 12.3. The summed E-state index contributed by atoms with van der Waals surface area (Å²) in [5.74, 6) is 0.439. The van der Waals surface area contributed by atoms with Crippen molar-refractivity contribution in [3.05, 3.63) is 47.5 Å². The predicted molar refractivity (Wildman–Crippen MR) is 85.3 cm³/mol. The maximum Gasteiger partial charge on any atom is 0.251 e. The smallest absolute Gasteiger partial charge is 0.251 e. The second kappa shape index (κ2) is 6.56. The van der Waals surface area contributed by atoms with E-state index < -0.39 is 0 Å². The summed E-state index contributed by atoms with van der Waals surface area (Å²) >= 11 is 0. The Morgan fingerprint density at radius 3 is 2.65 bits per heavy atom. The average molecular weight is 269 g/mol. The van der Waals surface area contributed by atoms with Crippen LogP contribution >= 0.6 is 0 Å². The van der Waals surface area contributed by atoms with E-state index in [0.717, 1.165) is 30.3 Å². The van der Waals surface area contributed by atoms with E-state index in [1.165, 1.54) is 10.9 Å². The molecule has 2 aromatic carbocycles. The standard InChI is InChI=1S/C18H23NO/c1-4-5-10-19-18(20)15-11-14-8-6-7-9-16(14)17(12-15)13(2)3/h6-9,11-13H,4-5,10H2,1-3H3,(H,19,20). The number of carbonyl (C=O) groups is 1. The summed E-state index contributed by atoms with van der Waals surface area (Å²) in [7, 11) is 0.